The normalized spacial score (nSPS) is 13.0. The fourth-order valence-corrected chi connectivity index (χ4v) is 2.19. The predicted molar refractivity (Wildman–Crippen MR) is 71.0 cm³/mol. The summed E-state index contributed by atoms with van der Waals surface area (Å²) >= 11 is 0. The number of unbranched alkanes of at least 4 members (excludes halogenated alkanes) is 7. The summed E-state index contributed by atoms with van der Waals surface area (Å²) in [5.74, 6) is 0.959. The Hall–Kier alpha value is 0. The summed E-state index contributed by atoms with van der Waals surface area (Å²) in [7, 11) is 0. The van der Waals surface area contributed by atoms with Gasteiger partial charge in [0.25, 0.3) is 0 Å². The summed E-state index contributed by atoms with van der Waals surface area (Å²) in [5.41, 5.74) is 0. The summed E-state index contributed by atoms with van der Waals surface area (Å²) in [5, 5.41) is 0. The molecule has 0 aromatic rings. The van der Waals surface area contributed by atoms with Crippen LogP contribution in [0.25, 0.3) is 0 Å². The minimum absolute atomic E-state index is 0.959. The van der Waals surface area contributed by atoms with E-state index in [1.807, 2.05) is 0 Å². The molecule has 0 aromatic heterocycles. The average molecular weight is 211 g/mol. The molecular weight excluding hydrogens is 180 g/mol. The second-order valence-corrected chi connectivity index (χ2v) is 5.01. The lowest BCUT2D eigenvalue weighted by Gasteiger charge is -2.09. The third kappa shape index (κ3) is 11.9. The van der Waals surface area contributed by atoms with E-state index in [-0.39, 0.29) is 0 Å². The van der Waals surface area contributed by atoms with Crippen molar-refractivity contribution < 1.29 is 0 Å². The van der Waals surface area contributed by atoms with Crippen molar-refractivity contribution in [2.75, 3.05) is 0 Å². The lowest BCUT2D eigenvalue weighted by Crippen LogP contribution is -1.93. The van der Waals surface area contributed by atoms with Crippen molar-refractivity contribution in [3.8, 4) is 0 Å². The van der Waals surface area contributed by atoms with Crippen molar-refractivity contribution in [3.05, 3.63) is 6.92 Å². The highest BCUT2D eigenvalue weighted by molar-refractivity contribution is 4.53. The molecule has 0 aromatic carbocycles. The smallest absolute Gasteiger partial charge is 0.0443 e. The standard InChI is InChI=1S/C15H31/c1-4-6-7-8-9-10-11-12-14-15(3)13-5-2/h15H,1,4-14H2,2-3H3. The highest BCUT2D eigenvalue weighted by Gasteiger charge is 1.99. The lowest BCUT2D eigenvalue weighted by molar-refractivity contribution is 0.450. The zero-order chi connectivity index (χ0) is 11.4. The first kappa shape index (κ1) is 15.0. The molecule has 0 aliphatic rings. The molecule has 0 amide bonds. The third-order valence-corrected chi connectivity index (χ3v) is 3.23. The summed E-state index contributed by atoms with van der Waals surface area (Å²) in [6.45, 7) is 8.56. The van der Waals surface area contributed by atoms with Crippen LogP contribution in [0.1, 0.15) is 84.5 Å². The molecule has 0 fully saturated rings. The van der Waals surface area contributed by atoms with Gasteiger partial charge in [-0.05, 0) is 5.92 Å². The van der Waals surface area contributed by atoms with Crippen LogP contribution in [-0.4, -0.2) is 0 Å². The van der Waals surface area contributed by atoms with E-state index in [4.69, 9.17) is 0 Å². The summed E-state index contributed by atoms with van der Waals surface area (Å²) in [6, 6.07) is 0. The van der Waals surface area contributed by atoms with Gasteiger partial charge in [-0.15, -0.1) is 0 Å². The second kappa shape index (κ2) is 12.1. The van der Waals surface area contributed by atoms with Gasteiger partial charge in [-0.25, -0.2) is 0 Å². The van der Waals surface area contributed by atoms with Gasteiger partial charge in [-0.2, -0.15) is 0 Å². The largest absolute Gasteiger partial charge is 0.0654 e. The van der Waals surface area contributed by atoms with E-state index in [0.29, 0.717) is 0 Å². The maximum atomic E-state index is 3.87. The van der Waals surface area contributed by atoms with Gasteiger partial charge in [-0.1, -0.05) is 91.4 Å². The second-order valence-electron chi connectivity index (χ2n) is 5.01. The Balaban J connectivity index is 2.98. The van der Waals surface area contributed by atoms with Crippen LogP contribution in [0.3, 0.4) is 0 Å². The zero-order valence-corrected chi connectivity index (χ0v) is 11.1. The molecule has 0 aliphatic carbocycles. The third-order valence-electron chi connectivity index (χ3n) is 3.23. The van der Waals surface area contributed by atoms with E-state index < -0.39 is 0 Å². The molecule has 1 atom stereocenters. The number of rotatable bonds is 11. The van der Waals surface area contributed by atoms with Crippen molar-refractivity contribution in [2.24, 2.45) is 5.92 Å². The van der Waals surface area contributed by atoms with Gasteiger partial charge in [0.2, 0.25) is 0 Å². The van der Waals surface area contributed by atoms with Crippen molar-refractivity contribution in [1.29, 1.82) is 0 Å². The Morgan fingerprint density at radius 3 is 1.87 bits per heavy atom. The summed E-state index contributed by atoms with van der Waals surface area (Å²) in [4.78, 5) is 0. The lowest BCUT2D eigenvalue weighted by atomic mass is 9.98. The summed E-state index contributed by atoms with van der Waals surface area (Å²) < 4.78 is 0. The van der Waals surface area contributed by atoms with Gasteiger partial charge in [0.15, 0.2) is 0 Å². The van der Waals surface area contributed by atoms with E-state index in [1.54, 1.807) is 0 Å². The van der Waals surface area contributed by atoms with E-state index >= 15 is 0 Å². The molecule has 0 nitrogen and oxygen atoms in total. The molecule has 0 heterocycles. The molecule has 0 N–H and O–H groups in total. The number of hydrogen-bond acceptors (Lipinski definition) is 0. The maximum absolute atomic E-state index is 3.87. The van der Waals surface area contributed by atoms with Crippen molar-refractivity contribution >= 4 is 0 Å². The molecule has 0 aliphatic heterocycles. The molecule has 0 saturated heterocycles. The van der Waals surface area contributed by atoms with Crippen molar-refractivity contribution in [2.45, 2.75) is 84.5 Å². The van der Waals surface area contributed by atoms with Crippen LogP contribution in [0, 0.1) is 12.8 Å². The molecule has 0 rings (SSSR count). The van der Waals surface area contributed by atoms with Crippen LogP contribution < -0.4 is 0 Å². The molecule has 91 valence electrons. The van der Waals surface area contributed by atoms with E-state index in [0.717, 1.165) is 12.3 Å². The fourth-order valence-electron chi connectivity index (χ4n) is 2.19. The van der Waals surface area contributed by atoms with Crippen LogP contribution in [0.4, 0.5) is 0 Å². The minimum Gasteiger partial charge on any atom is -0.0654 e. The van der Waals surface area contributed by atoms with Crippen LogP contribution in [-0.2, 0) is 0 Å². The zero-order valence-electron chi connectivity index (χ0n) is 11.1. The molecule has 0 heteroatoms. The maximum Gasteiger partial charge on any atom is -0.0443 e. The van der Waals surface area contributed by atoms with Crippen LogP contribution in [0.15, 0.2) is 0 Å². The van der Waals surface area contributed by atoms with E-state index in [9.17, 15) is 0 Å². The Kier molecular flexibility index (Phi) is 12.1. The quantitative estimate of drug-likeness (QED) is 0.381. The minimum atomic E-state index is 0.959. The van der Waals surface area contributed by atoms with Crippen LogP contribution in [0.5, 0.6) is 0 Å². The highest BCUT2D eigenvalue weighted by atomic mass is 14.1. The van der Waals surface area contributed by atoms with Crippen LogP contribution >= 0.6 is 0 Å². The van der Waals surface area contributed by atoms with Gasteiger partial charge in [-0.3, -0.25) is 0 Å². The van der Waals surface area contributed by atoms with Crippen LogP contribution in [0.2, 0.25) is 0 Å². The molecular formula is C15H31. The number of hydrogen-bond donors (Lipinski definition) is 0. The Morgan fingerprint density at radius 2 is 1.33 bits per heavy atom. The Morgan fingerprint density at radius 1 is 0.800 bits per heavy atom. The highest BCUT2D eigenvalue weighted by Crippen LogP contribution is 2.16. The molecule has 0 spiro atoms. The molecule has 1 radical (unpaired) electrons. The molecule has 1 unspecified atom stereocenters. The molecule has 0 bridgehead atoms. The first-order valence-electron chi connectivity index (χ1n) is 7.10. The molecule has 0 saturated carbocycles. The molecule has 15 heavy (non-hydrogen) atoms. The predicted octanol–water partition coefficient (Wildman–Crippen LogP) is 5.77. The fraction of sp³-hybridized carbons (Fsp3) is 0.933. The van der Waals surface area contributed by atoms with Gasteiger partial charge in [0.05, 0.1) is 0 Å². The van der Waals surface area contributed by atoms with Crippen molar-refractivity contribution in [3.63, 3.8) is 0 Å². The van der Waals surface area contributed by atoms with Gasteiger partial charge in [0, 0.05) is 0 Å². The van der Waals surface area contributed by atoms with E-state index in [2.05, 4.69) is 20.8 Å². The van der Waals surface area contributed by atoms with Gasteiger partial charge in [0.1, 0.15) is 0 Å². The summed E-state index contributed by atoms with van der Waals surface area (Å²) in [6.07, 6.45) is 15.3. The SMILES string of the molecule is [CH2]CCCCCCCCCC(C)CCC. The average Bonchev–Trinajstić information content (AvgIpc) is 2.22. The van der Waals surface area contributed by atoms with E-state index in [1.165, 1.54) is 64.2 Å². The Bertz CT molecular complexity index is 107. The van der Waals surface area contributed by atoms with Crippen molar-refractivity contribution in [1.82, 2.24) is 0 Å². The monoisotopic (exact) mass is 211 g/mol. The first-order valence-corrected chi connectivity index (χ1v) is 7.10. The Labute approximate surface area is 97.8 Å². The first-order chi connectivity index (χ1) is 7.31. The topological polar surface area (TPSA) is 0 Å². The van der Waals surface area contributed by atoms with Gasteiger partial charge < -0.3 is 0 Å². The van der Waals surface area contributed by atoms with Gasteiger partial charge >= 0.3 is 0 Å².